The van der Waals surface area contributed by atoms with Crippen LogP contribution in [0.4, 0.5) is 5.82 Å². The Bertz CT molecular complexity index is 935. The van der Waals surface area contributed by atoms with Crippen LogP contribution in [0.2, 0.25) is 0 Å². The van der Waals surface area contributed by atoms with Crippen molar-refractivity contribution in [1.29, 1.82) is 0 Å². The van der Waals surface area contributed by atoms with E-state index in [9.17, 15) is 24.6 Å². The second kappa shape index (κ2) is 7.22. The number of hydrogen-bond donors (Lipinski definition) is 4. The molecular formula is C16H13BrN2O6. The first kappa shape index (κ1) is 18.3. The molecule has 0 aliphatic rings. The van der Waals surface area contributed by atoms with Gasteiger partial charge in [0.2, 0.25) is 0 Å². The molecule has 8 nitrogen and oxygen atoms in total. The molecule has 0 aliphatic carbocycles. The van der Waals surface area contributed by atoms with E-state index in [-0.39, 0.29) is 23.5 Å². The average Bonchev–Trinajstić information content (AvgIpc) is 2.51. The van der Waals surface area contributed by atoms with Crippen LogP contribution >= 0.6 is 15.9 Å². The van der Waals surface area contributed by atoms with E-state index in [1.807, 2.05) is 4.98 Å². The summed E-state index contributed by atoms with van der Waals surface area (Å²) in [5, 5.41) is 18.9. The third-order valence-electron chi connectivity index (χ3n) is 3.24. The van der Waals surface area contributed by atoms with Gasteiger partial charge in [0.25, 0.3) is 5.56 Å². The van der Waals surface area contributed by atoms with E-state index in [1.165, 1.54) is 18.2 Å². The van der Waals surface area contributed by atoms with E-state index < -0.39 is 34.4 Å². The van der Waals surface area contributed by atoms with Crippen LogP contribution in [0.15, 0.2) is 40.1 Å². The van der Waals surface area contributed by atoms with Crippen molar-refractivity contribution in [3.05, 3.63) is 56.8 Å². The normalized spacial score (nSPS) is 10.3. The molecule has 130 valence electrons. The highest BCUT2D eigenvalue weighted by Gasteiger charge is 2.28. The van der Waals surface area contributed by atoms with Gasteiger partial charge in [0.05, 0.1) is 0 Å². The number of carbonyl (C=O) groups is 2. The number of nitrogen functional groups attached to an aromatic ring is 1. The van der Waals surface area contributed by atoms with Crippen molar-refractivity contribution >= 4 is 33.7 Å². The SMILES string of the molecule is C=CCOc1ccc(Br)cc1-c1c(C(=O)O)c(N)[nH]c(=O)c1C(=O)O. The van der Waals surface area contributed by atoms with Crippen molar-refractivity contribution in [3.63, 3.8) is 0 Å². The zero-order valence-electron chi connectivity index (χ0n) is 12.7. The molecule has 9 heteroatoms. The van der Waals surface area contributed by atoms with Gasteiger partial charge in [-0.3, -0.25) is 4.79 Å². The minimum Gasteiger partial charge on any atom is -0.489 e. The number of H-pyrrole nitrogens is 1. The molecular weight excluding hydrogens is 396 g/mol. The van der Waals surface area contributed by atoms with E-state index in [2.05, 4.69) is 22.5 Å². The van der Waals surface area contributed by atoms with Crippen LogP contribution in [-0.4, -0.2) is 33.7 Å². The van der Waals surface area contributed by atoms with Crippen LogP contribution in [0.1, 0.15) is 20.7 Å². The third kappa shape index (κ3) is 3.56. The van der Waals surface area contributed by atoms with E-state index in [4.69, 9.17) is 10.5 Å². The van der Waals surface area contributed by atoms with Gasteiger partial charge < -0.3 is 25.7 Å². The summed E-state index contributed by atoms with van der Waals surface area (Å²) in [7, 11) is 0. The number of carboxylic acid groups (broad SMARTS) is 2. The lowest BCUT2D eigenvalue weighted by atomic mass is 9.94. The monoisotopic (exact) mass is 408 g/mol. The lowest BCUT2D eigenvalue weighted by molar-refractivity contribution is 0.0695. The van der Waals surface area contributed by atoms with Gasteiger partial charge in [-0.2, -0.15) is 0 Å². The zero-order chi connectivity index (χ0) is 18.7. The van der Waals surface area contributed by atoms with Gasteiger partial charge >= 0.3 is 11.9 Å². The molecule has 0 unspecified atom stereocenters. The van der Waals surface area contributed by atoms with Crippen LogP contribution in [0.25, 0.3) is 11.1 Å². The predicted octanol–water partition coefficient (Wildman–Crippen LogP) is 2.35. The number of ether oxygens (including phenoxy) is 1. The Hall–Kier alpha value is -3.07. The number of aromatic amines is 1. The molecule has 0 amide bonds. The minimum atomic E-state index is -1.59. The molecule has 1 aromatic heterocycles. The summed E-state index contributed by atoms with van der Waals surface area (Å²) in [5.74, 6) is -3.35. The smallest absolute Gasteiger partial charge is 0.342 e. The predicted molar refractivity (Wildman–Crippen MR) is 94.2 cm³/mol. The van der Waals surface area contributed by atoms with Crippen molar-refractivity contribution in [1.82, 2.24) is 4.98 Å². The fraction of sp³-hybridized carbons (Fsp3) is 0.0625. The van der Waals surface area contributed by atoms with E-state index in [1.54, 1.807) is 6.07 Å². The highest BCUT2D eigenvalue weighted by atomic mass is 79.9. The molecule has 0 aliphatic heterocycles. The van der Waals surface area contributed by atoms with Gasteiger partial charge in [-0.25, -0.2) is 9.59 Å². The van der Waals surface area contributed by atoms with Crippen molar-refractivity contribution in [2.24, 2.45) is 0 Å². The number of aromatic carboxylic acids is 2. The highest BCUT2D eigenvalue weighted by molar-refractivity contribution is 9.10. The van der Waals surface area contributed by atoms with E-state index in [0.717, 1.165) is 0 Å². The van der Waals surface area contributed by atoms with Crippen LogP contribution < -0.4 is 16.0 Å². The average molecular weight is 409 g/mol. The summed E-state index contributed by atoms with van der Waals surface area (Å²) in [6.07, 6.45) is 1.47. The number of aromatic nitrogens is 1. The second-order valence-corrected chi connectivity index (χ2v) is 5.76. The van der Waals surface area contributed by atoms with Crippen LogP contribution in [0, 0.1) is 0 Å². The molecule has 0 saturated heterocycles. The second-order valence-electron chi connectivity index (χ2n) is 4.84. The number of pyridine rings is 1. The maximum absolute atomic E-state index is 12.1. The summed E-state index contributed by atoms with van der Waals surface area (Å²) >= 11 is 3.23. The summed E-state index contributed by atoms with van der Waals surface area (Å²) < 4.78 is 5.99. The fourth-order valence-electron chi connectivity index (χ4n) is 2.29. The number of carboxylic acids is 2. The molecule has 0 atom stereocenters. The van der Waals surface area contributed by atoms with Gasteiger partial charge in [-0.1, -0.05) is 28.6 Å². The molecule has 25 heavy (non-hydrogen) atoms. The molecule has 0 spiro atoms. The van der Waals surface area contributed by atoms with Crippen LogP contribution in [0.3, 0.4) is 0 Å². The Labute approximate surface area is 149 Å². The summed E-state index contributed by atoms with van der Waals surface area (Å²) in [4.78, 5) is 37.4. The molecule has 2 aromatic rings. The number of rotatable bonds is 6. The standard InChI is InChI=1S/C16H13BrN2O6/c1-2-5-25-9-4-3-7(17)6-8(9)10-11(15(21)22)13(18)19-14(20)12(10)16(23)24/h2-4,6H,1,5H2,(H,21,22)(H,23,24)(H3,18,19,20). The van der Waals surface area contributed by atoms with Crippen molar-refractivity contribution in [2.75, 3.05) is 12.3 Å². The number of benzene rings is 1. The van der Waals surface area contributed by atoms with E-state index in [0.29, 0.717) is 4.47 Å². The van der Waals surface area contributed by atoms with Gasteiger partial charge in [0, 0.05) is 15.6 Å². The summed E-state index contributed by atoms with van der Waals surface area (Å²) in [6.45, 7) is 3.61. The highest BCUT2D eigenvalue weighted by Crippen LogP contribution is 2.37. The molecule has 1 heterocycles. The number of hydrogen-bond acceptors (Lipinski definition) is 5. The van der Waals surface area contributed by atoms with E-state index >= 15 is 0 Å². The number of nitrogens with two attached hydrogens (primary N) is 1. The Morgan fingerprint density at radius 3 is 2.48 bits per heavy atom. The zero-order valence-corrected chi connectivity index (χ0v) is 14.3. The van der Waals surface area contributed by atoms with Gasteiger partial charge in [-0.15, -0.1) is 0 Å². The molecule has 0 bridgehead atoms. The Kier molecular flexibility index (Phi) is 5.28. The molecule has 5 N–H and O–H groups in total. The number of anilines is 1. The van der Waals surface area contributed by atoms with Crippen LogP contribution in [0.5, 0.6) is 5.75 Å². The Morgan fingerprint density at radius 1 is 1.28 bits per heavy atom. The quantitative estimate of drug-likeness (QED) is 0.537. The summed E-state index contributed by atoms with van der Waals surface area (Å²) in [5.41, 5.74) is 3.10. The molecule has 2 rings (SSSR count). The maximum atomic E-state index is 12.1. The first-order valence-corrected chi connectivity index (χ1v) is 7.63. The lowest BCUT2D eigenvalue weighted by Crippen LogP contribution is -2.24. The Balaban J connectivity index is 2.97. The molecule has 0 radical (unpaired) electrons. The maximum Gasteiger partial charge on any atom is 0.342 e. The fourth-order valence-corrected chi connectivity index (χ4v) is 2.65. The van der Waals surface area contributed by atoms with Crippen molar-refractivity contribution in [2.45, 2.75) is 0 Å². The van der Waals surface area contributed by atoms with Crippen molar-refractivity contribution < 1.29 is 24.5 Å². The lowest BCUT2D eigenvalue weighted by Gasteiger charge is -2.16. The largest absolute Gasteiger partial charge is 0.489 e. The number of nitrogens with one attached hydrogen (secondary N) is 1. The first-order chi connectivity index (χ1) is 11.8. The first-order valence-electron chi connectivity index (χ1n) is 6.83. The van der Waals surface area contributed by atoms with Gasteiger partial charge in [0.15, 0.2) is 0 Å². The molecule has 0 fully saturated rings. The number of halogens is 1. The van der Waals surface area contributed by atoms with Gasteiger partial charge in [0.1, 0.15) is 29.3 Å². The Morgan fingerprint density at radius 2 is 1.92 bits per heavy atom. The minimum absolute atomic E-state index is 0.0954. The topological polar surface area (TPSA) is 143 Å². The third-order valence-corrected chi connectivity index (χ3v) is 3.73. The molecule has 1 aromatic carbocycles. The van der Waals surface area contributed by atoms with Gasteiger partial charge in [-0.05, 0) is 18.2 Å². The van der Waals surface area contributed by atoms with Crippen molar-refractivity contribution in [3.8, 4) is 16.9 Å². The molecule has 0 saturated carbocycles. The van der Waals surface area contributed by atoms with Crippen LogP contribution in [-0.2, 0) is 0 Å². The summed E-state index contributed by atoms with van der Waals surface area (Å²) in [6, 6.07) is 4.59.